The van der Waals surface area contributed by atoms with Gasteiger partial charge in [0.05, 0.1) is 5.56 Å². The summed E-state index contributed by atoms with van der Waals surface area (Å²) in [6, 6.07) is 10.5. The average molecular weight is 336 g/mol. The molecule has 0 bridgehead atoms. The van der Waals surface area contributed by atoms with E-state index in [4.69, 9.17) is 0 Å². The SMILES string of the molecule is CC(C)(C)c1ccc(CNCCc2cc(C(F)(F)F)ccn2)cc1. The first-order valence-corrected chi connectivity index (χ1v) is 7.98. The van der Waals surface area contributed by atoms with Gasteiger partial charge in [0.2, 0.25) is 0 Å². The summed E-state index contributed by atoms with van der Waals surface area (Å²) in [5.41, 5.74) is 2.35. The molecule has 0 unspecified atom stereocenters. The highest BCUT2D eigenvalue weighted by atomic mass is 19.4. The molecule has 0 spiro atoms. The molecule has 0 fully saturated rings. The summed E-state index contributed by atoms with van der Waals surface area (Å²) in [6.45, 7) is 7.77. The van der Waals surface area contributed by atoms with Crippen molar-refractivity contribution in [3.63, 3.8) is 0 Å². The highest BCUT2D eigenvalue weighted by Crippen LogP contribution is 2.29. The van der Waals surface area contributed by atoms with Gasteiger partial charge in [0, 0.05) is 31.4 Å². The number of benzene rings is 1. The van der Waals surface area contributed by atoms with Crippen molar-refractivity contribution in [3.8, 4) is 0 Å². The molecule has 2 aromatic rings. The summed E-state index contributed by atoms with van der Waals surface area (Å²) < 4.78 is 38.0. The van der Waals surface area contributed by atoms with Crippen molar-refractivity contribution in [3.05, 3.63) is 65.0 Å². The van der Waals surface area contributed by atoms with Crippen LogP contribution in [-0.2, 0) is 24.6 Å². The lowest BCUT2D eigenvalue weighted by Gasteiger charge is -2.19. The second-order valence-corrected chi connectivity index (χ2v) is 6.91. The van der Waals surface area contributed by atoms with Gasteiger partial charge in [0.1, 0.15) is 0 Å². The lowest BCUT2D eigenvalue weighted by atomic mass is 9.87. The van der Waals surface area contributed by atoms with Gasteiger partial charge < -0.3 is 5.32 Å². The van der Waals surface area contributed by atoms with Gasteiger partial charge in [-0.05, 0) is 28.7 Å². The minimum Gasteiger partial charge on any atom is -0.312 e. The number of hydrogen-bond acceptors (Lipinski definition) is 2. The van der Waals surface area contributed by atoms with Crippen LogP contribution < -0.4 is 5.32 Å². The zero-order valence-electron chi connectivity index (χ0n) is 14.2. The van der Waals surface area contributed by atoms with E-state index in [-0.39, 0.29) is 5.41 Å². The third-order valence-electron chi connectivity index (χ3n) is 3.85. The van der Waals surface area contributed by atoms with E-state index in [1.165, 1.54) is 11.8 Å². The molecule has 0 radical (unpaired) electrons. The van der Waals surface area contributed by atoms with Crippen molar-refractivity contribution in [2.45, 2.75) is 45.3 Å². The summed E-state index contributed by atoms with van der Waals surface area (Å²) >= 11 is 0. The molecule has 0 aliphatic heterocycles. The van der Waals surface area contributed by atoms with Gasteiger partial charge >= 0.3 is 6.18 Å². The molecule has 1 aromatic carbocycles. The van der Waals surface area contributed by atoms with Crippen LogP contribution in [0.2, 0.25) is 0 Å². The minimum atomic E-state index is -4.32. The Labute approximate surface area is 141 Å². The quantitative estimate of drug-likeness (QED) is 0.799. The number of rotatable bonds is 5. The maximum atomic E-state index is 12.7. The fraction of sp³-hybridized carbons (Fsp3) is 0.421. The molecule has 0 atom stereocenters. The van der Waals surface area contributed by atoms with E-state index < -0.39 is 11.7 Å². The Hall–Kier alpha value is -1.88. The van der Waals surface area contributed by atoms with Gasteiger partial charge in [0.15, 0.2) is 0 Å². The molecule has 2 nitrogen and oxygen atoms in total. The molecule has 1 heterocycles. The largest absolute Gasteiger partial charge is 0.416 e. The number of aromatic nitrogens is 1. The van der Waals surface area contributed by atoms with Gasteiger partial charge in [-0.1, -0.05) is 45.0 Å². The fourth-order valence-electron chi connectivity index (χ4n) is 2.36. The van der Waals surface area contributed by atoms with Gasteiger partial charge in [0.25, 0.3) is 0 Å². The number of alkyl halides is 3. The Morgan fingerprint density at radius 3 is 2.21 bits per heavy atom. The summed E-state index contributed by atoms with van der Waals surface area (Å²) in [5.74, 6) is 0. The van der Waals surface area contributed by atoms with Crippen LogP contribution in [0.5, 0.6) is 0 Å². The fourth-order valence-corrected chi connectivity index (χ4v) is 2.36. The number of halogens is 3. The van der Waals surface area contributed by atoms with Crippen molar-refractivity contribution < 1.29 is 13.2 Å². The van der Waals surface area contributed by atoms with Crippen LogP contribution in [0.4, 0.5) is 13.2 Å². The maximum Gasteiger partial charge on any atom is 0.416 e. The van der Waals surface area contributed by atoms with Crippen molar-refractivity contribution >= 4 is 0 Å². The van der Waals surface area contributed by atoms with Crippen LogP contribution in [-0.4, -0.2) is 11.5 Å². The minimum absolute atomic E-state index is 0.126. The van der Waals surface area contributed by atoms with Crippen LogP contribution >= 0.6 is 0 Å². The zero-order chi connectivity index (χ0) is 17.8. The van der Waals surface area contributed by atoms with Crippen LogP contribution in [0.3, 0.4) is 0 Å². The molecular formula is C19H23F3N2. The first-order valence-electron chi connectivity index (χ1n) is 7.98. The molecule has 0 saturated heterocycles. The molecule has 0 aliphatic carbocycles. The average Bonchev–Trinajstić information content (AvgIpc) is 2.51. The van der Waals surface area contributed by atoms with Crippen molar-refractivity contribution in [2.24, 2.45) is 0 Å². The van der Waals surface area contributed by atoms with E-state index in [1.54, 1.807) is 0 Å². The Morgan fingerprint density at radius 1 is 0.958 bits per heavy atom. The molecule has 0 aliphatic rings. The number of hydrogen-bond donors (Lipinski definition) is 1. The lowest BCUT2D eigenvalue weighted by molar-refractivity contribution is -0.137. The predicted molar refractivity (Wildman–Crippen MR) is 89.8 cm³/mol. The van der Waals surface area contributed by atoms with Crippen molar-refractivity contribution in [1.82, 2.24) is 10.3 Å². The molecule has 2 rings (SSSR count). The lowest BCUT2D eigenvalue weighted by Crippen LogP contribution is -2.18. The van der Waals surface area contributed by atoms with E-state index in [9.17, 15) is 13.2 Å². The number of nitrogens with zero attached hydrogens (tertiary/aromatic N) is 1. The number of pyridine rings is 1. The predicted octanol–water partition coefficient (Wildman–Crippen LogP) is 4.73. The Bertz CT molecular complexity index is 656. The molecule has 0 saturated carbocycles. The first-order chi connectivity index (χ1) is 11.2. The smallest absolute Gasteiger partial charge is 0.312 e. The Kier molecular flexibility index (Phi) is 5.65. The molecule has 1 N–H and O–H groups in total. The number of nitrogens with one attached hydrogen (secondary N) is 1. The summed E-state index contributed by atoms with van der Waals surface area (Å²) in [5, 5.41) is 3.25. The maximum absolute atomic E-state index is 12.7. The van der Waals surface area contributed by atoms with Crippen molar-refractivity contribution in [1.29, 1.82) is 0 Å². The van der Waals surface area contributed by atoms with Crippen LogP contribution in [0.15, 0.2) is 42.6 Å². The topological polar surface area (TPSA) is 24.9 Å². The van der Waals surface area contributed by atoms with Crippen LogP contribution in [0.1, 0.15) is 43.2 Å². The first kappa shape index (κ1) is 18.5. The Morgan fingerprint density at radius 2 is 1.62 bits per heavy atom. The Balaban J connectivity index is 1.83. The summed E-state index contributed by atoms with van der Waals surface area (Å²) in [4.78, 5) is 4.00. The van der Waals surface area contributed by atoms with Crippen LogP contribution in [0, 0.1) is 0 Å². The van der Waals surface area contributed by atoms with E-state index in [0.29, 0.717) is 25.2 Å². The second-order valence-electron chi connectivity index (χ2n) is 6.91. The van der Waals surface area contributed by atoms with Crippen molar-refractivity contribution in [2.75, 3.05) is 6.54 Å². The third kappa shape index (κ3) is 5.34. The highest BCUT2D eigenvalue weighted by molar-refractivity contribution is 5.27. The summed E-state index contributed by atoms with van der Waals surface area (Å²) in [6.07, 6.45) is -2.65. The molecule has 24 heavy (non-hydrogen) atoms. The van der Waals surface area contributed by atoms with Crippen LogP contribution in [0.25, 0.3) is 0 Å². The molecule has 5 heteroatoms. The monoisotopic (exact) mass is 336 g/mol. The van der Waals surface area contributed by atoms with E-state index in [0.717, 1.165) is 17.7 Å². The van der Waals surface area contributed by atoms with E-state index in [2.05, 4.69) is 55.3 Å². The molecule has 130 valence electrons. The molecule has 0 amide bonds. The van der Waals surface area contributed by atoms with Gasteiger partial charge in [-0.2, -0.15) is 13.2 Å². The third-order valence-corrected chi connectivity index (χ3v) is 3.85. The molecular weight excluding hydrogens is 313 g/mol. The van der Waals surface area contributed by atoms with Gasteiger partial charge in [-0.25, -0.2) is 0 Å². The standard InChI is InChI=1S/C19H23F3N2/c1-18(2,3)15-6-4-14(5-7-15)13-23-10-9-17-12-16(8-11-24-17)19(20,21)22/h4-8,11-12,23H,9-10,13H2,1-3H3. The van der Waals surface area contributed by atoms with E-state index >= 15 is 0 Å². The molecule has 1 aromatic heterocycles. The zero-order valence-corrected chi connectivity index (χ0v) is 14.2. The second kappa shape index (κ2) is 7.34. The highest BCUT2D eigenvalue weighted by Gasteiger charge is 2.30. The van der Waals surface area contributed by atoms with Gasteiger partial charge in [-0.15, -0.1) is 0 Å². The normalized spacial score (nSPS) is 12.4. The van der Waals surface area contributed by atoms with E-state index in [1.807, 2.05) is 0 Å². The summed E-state index contributed by atoms with van der Waals surface area (Å²) in [7, 11) is 0. The van der Waals surface area contributed by atoms with Gasteiger partial charge in [-0.3, -0.25) is 4.98 Å².